The molecule has 0 saturated carbocycles. The zero-order chi connectivity index (χ0) is 8.81. The minimum absolute atomic E-state index is 0.105. The number of halogens is 1. The number of alkyl halides is 1. The van der Waals surface area contributed by atoms with Crippen LogP contribution in [0.4, 0.5) is 0 Å². The van der Waals surface area contributed by atoms with Crippen LogP contribution in [-0.4, -0.2) is 29.3 Å². The molecular formula is C8H14BrNOS. The summed E-state index contributed by atoms with van der Waals surface area (Å²) in [7, 11) is 0. The molecule has 12 heavy (non-hydrogen) atoms. The minimum atomic E-state index is 0.105. The van der Waals surface area contributed by atoms with Crippen LogP contribution < -0.4 is 5.32 Å². The number of nitrogens with one attached hydrogen (secondary N) is 1. The smallest absolute Gasteiger partial charge is 0.230 e. The molecule has 1 aliphatic heterocycles. The van der Waals surface area contributed by atoms with Gasteiger partial charge in [-0.25, -0.2) is 0 Å². The SMILES string of the molecule is O=C(CBr)NCC1CCSCC1. The van der Waals surface area contributed by atoms with Gasteiger partial charge >= 0.3 is 0 Å². The van der Waals surface area contributed by atoms with Crippen LogP contribution in [-0.2, 0) is 4.79 Å². The van der Waals surface area contributed by atoms with Crippen molar-refractivity contribution in [2.45, 2.75) is 12.8 Å². The highest BCUT2D eigenvalue weighted by molar-refractivity contribution is 9.09. The highest BCUT2D eigenvalue weighted by atomic mass is 79.9. The van der Waals surface area contributed by atoms with Crippen molar-refractivity contribution in [1.29, 1.82) is 0 Å². The van der Waals surface area contributed by atoms with Crippen molar-refractivity contribution in [3.63, 3.8) is 0 Å². The second kappa shape index (κ2) is 5.86. The molecule has 1 aliphatic rings. The lowest BCUT2D eigenvalue weighted by atomic mass is 10.0. The van der Waals surface area contributed by atoms with Crippen LogP contribution in [0.3, 0.4) is 0 Å². The van der Waals surface area contributed by atoms with Gasteiger partial charge in [-0.3, -0.25) is 4.79 Å². The van der Waals surface area contributed by atoms with Crippen LogP contribution >= 0.6 is 27.7 Å². The summed E-state index contributed by atoms with van der Waals surface area (Å²) in [5.74, 6) is 3.34. The van der Waals surface area contributed by atoms with E-state index in [1.807, 2.05) is 11.8 Å². The van der Waals surface area contributed by atoms with Crippen molar-refractivity contribution in [3.8, 4) is 0 Å². The van der Waals surface area contributed by atoms with E-state index in [2.05, 4.69) is 21.2 Å². The molecule has 0 unspecified atom stereocenters. The van der Waals surface area contributed by atoms with Gasteiger partial charge in [0.15, 0.2) is 0 Å². The molecule has 0 atom stereocenters. The number of hydrogen-bond donors (Lipinski definition) is 1. The normalized spacial score (nSPS) is 19.1. The number of carbonyl (C=O) groups excluding carboxylic acids is 1. The molecule has 1 rings (SSSR count). The predicted octanol–water partition coefficient (Wildman–Crippen LogP) is 1.64. The van der Waals surface area contributed by atoms with E-state index in [1.54, 1.807) is 0 Å². The largest absolute Gasteiger partial charge is 0.355 e. The Morgan fingerprint density at radius 1 is 1.50 bits per heavy atom. The summed E-state index contributed by atoms with van der Waals surface area (Å²) in [6.45, 7) is 0.866. The van der Waals surface area contributed by atoms with Gasteiger partial charge in [-0.15, -0.1) is 0 Å². The maximum absolute atomic E-state index is 10.9. The first-order valence-corrected chi connectivity index (χ1v) is 6.51. The van der Waals surface area contributed by atoms with Crippen LogP contribution in [0.15, 0.2) is 0 Å². The first-order valence-electron chi connectivity index (χ1n) is 4.23. The molecule has 2 nitrogen and oxygen atoms in total. The van der Waals surface area contributed by atoms with Crippen molar-refractivity contribution < 1.29 is 4.79 Å². The summed E-state index contributed by atoms with van der Waals surface area (Å²) < 4.78 is 0. The van der Waals surface area contributed by atoms with Gasteiger partial charge < -0.3 is 5.32 Å². The highest BCUT2D eigenvalue weighted by Crippen LogP contribution is 2.21. The fourth-order valence-corrected chi connectivity index (χ4v) is 2.66. The summed E-state index contributed by atoms with van der Waals surface area (Å²) in [4.78, 5) is 10.9. The van der Waals surface area contributed by atoms with Gasteiger partial charge in [0.1, 0.15) is 0 Å². The molecule has 1 amide bonds. The van der Waals surface area contributed by atoms with Crippen molar-refractivity contribution in [1.82, 2.24) is 5.32 Å². The second-order valence-corrected chi connectivity index (χ2v) is 4.78. The first-order chi connectivity index (χ1) is 5.83. The Bertz CT molecular complexity index is 148. The standard InChI is InChI=1S/C8H14BrNOS/c9-5-8(11)10-6-7-1-3-12-4-2-7/h7H,1-6H2,(H,10,11). The lowest BCUT2D eigenvalue weighted by Crippen LogP contribution is -2.31. The van der Waals surface area contributed by atoms with E-state index < -0.39 is 0 Å². The summed E-state index contributed by atoms with van der Waals surface area (Å²) in [5.41, 5.74) is 0. The highest BCUT2D eigenvalue weighted by Gasteiger charge is 2.13. The molecule has 1 N–H and O–H groups in total. The fourth-order valence-electron chi connectivity index (χ4n) is 1.26. The van der Waals surface area contributed by atoms with Crippen LogP contribution in [0.2, 0.25) is 0 Å². The molecule has 70 valence electrons. The third-order valence-corrected chi connectivity index (χ3v) is 3.61. The van der Waals surface area contributed by atoms with Crippen LogP contribution in [0, 0.1) is 5.92 Å². The second-order valence-electron chi connectivity index (χ2n) is 2.99. The van der Waals surface area contributed by atoms with Gasteiger partial charge in [-0.05, 0) is 30.3 Å². The van der Waals surface area contributed by atoms with Crippen molar-refractivity contribution in [2.24, 2.45) is 5.92 Å². The Hall–Kier alpha value is 0.300. The van der Waals surface area contributed by atoms with Gasteiger partial charge in [0, 0.05) is 6.54 Å². The molecule has 0 aromatic rings. The third kappa shape index (κ3) is 3.81. The summed E-state index contributed by atoms with van der Waals surface area (Å²) in [6, 6.07) is 0. The Morgan fingerprint density at radius 2 is 2.17 bits per heavy atom. The fraction of sp³-hybridized carbons (Fsp3) is 0.875. The zero-order valence-corrected chi connectivity index (χ0v) is 9.42. The average Bonchev–Trinajstić information content (AvgIpc) is 2.16. The molecule has 0 bridgehead atoms. The Kier molecular flexibility index (Phi) is 5.07. The number of carbonyl (C=O) groups is 1. The maximum atomic E-state index is 10.9. The van der Waals surface area contributed by atoms with E-state index in [9.17, 15) is 4.79 Å². The molecule has 0 radical (unpaired) electrons. The van der Waals surface area contributed by atoms with Gasteiger partial charge in [0.25, 0.3) is 0 Å². The quantitative estimate of drug-likeness (QED) is 0.774. The van der Waals surface area contributed by atoms with Gasteiger partial charge in [0.05, 0.1) is 5.33 Å². The predicted molar refractivity (Wildman–Crippen MR) is 56.9 cm³/mol. The van der Waals surface area contributed by atoms with Crippen molar-refractivity contribution in [2.75, 3.05) is 23.4 Å². The Balaban J connectivity index is 2.09. The molecule has 0 aliphatic carbocycles. The van der Waals surface area contributed by atoms with E-state index in [0.717, 1.165) is 6.54 Å². The summed E-state index contributed by atoms with van der Waals surface area (Å²) in [6.07, 6.45) is 2.51. The first kappa shape index (κ1) is 10.4. The van der Waals surface area contributed by atoms with E-state index in [-0.39, 0.29) is 5.91 Å². The zero-order valence-electron chi connectivity index (χ0n) is 7.01. The molecule has 0 aromatic carbocycles. The van der Waals surface area contributed by atoms with Crippen molar-refractivity contribution in [3.05, 3.63) is 0 Å². The van der Waals surface area contributed by atoms with E-state index in [0.29, 0.717) is 11.2 Å². The lowest BCUT2D eigenvalue weighted by Gasteiger charge is -2.21. The molecule has 0 spiro atoms. The van der Waals surface area contributed by atoms with Gasteiger partial charge in [-0.1, -0.05) is 15.9 Å². The number of thioether (sulfide) groups is 1. The molecule has 4 heteroatoms. The van der Waals surface area contributed by atoms with Gasteiger partial charge in [-0.2, -0.15) is 11.8 Å². The maximum Gasteiger partial charge on any atom is 0.230 e. The van der Waals surface area contributed by atoms with Gasteiger partial charge in [0.2, 0.25) is 5.91 Å². The topological polar surface area (TPSA) is 29.1 Å². The third-order valence-electron chi connectivity index (χ3n) is 2.05. The Morgan fingerprint density at radius 3 is 2.75 bits per heavy atom. The average molecular weight is 252 g/mol. The number of hydrogen-bond acceptors (Lipinski definition) is 2. The minimum Gasteiger partial charge on any atom is -0.355 e. The van der Waals surface area contributed by atoms with Crippen LogP contribution in [0.5, 0.6) is 0 Å². The van der Waals surface area contributed by atoms with E-state index in [1.165, 1.54) is 24.3 Å². The summed E-state index contributed by atoms with van der Waals surface area (Å²) >= 11 is 5.14. The lowest BCUT2D eigenvalue weighted by molar-refractivity contribution is -0.118. The van der Waals surface area contributed by atoms with E-state index in [4.69, 9.17) is 0 Å². The number of rotatable bonds is 3. The van der Waals surface area contributed by atoms with E-state index >= 15 is 0 Å². The molecular weight excluding hydrogens is 238 g/mol. The monoisotopic (exact) mass is 251 g/mol. The van der Waals surface area contributed by atoms with Crippen LogP contribution in [0.25, 0.3) is 0 Å². The molecule has 1 fully saturated rings. The molecule has 1 heterocycles. The van der Waals surface area contributed by atoms with Crippen LogP contribution in [0.1, 0.15) is 12.8 Å². The summed E-state index contributed by atoms with van der Waals surface area (Å²) in [5, 5.41) is 3.33. The molecule has 0 aromatic heterocycles. The Labute approximate surface area is 86.0 Å². The molecule has 1 saturated heterocycles. The number of amides is 1. The van der Waals surface area contributed by atoms with Crippen molar-refractivity contribution >= 4 is 33.6 Å².